The fraction of sp³-hybridized carbons (Fsp3) is 0.548. The molecule has 0 amide bonds. The van der Waals surface area contributed by atoms with Gasteiger partial charge in [0.25, 0.3) is 0 Å². The molecule has 2 saturated carbocycles. The van der Waals surface area contributed by atoms with E-state index in [-0.39, 0.29) is 0 Å². The molecule has 2 aromatic carbocycles. The highest BCUT2D eigenvalue weighted by molar-refractivity contribution is 7.19. The number of thiophene rings is 1. The summed E-state index contributed by atoms with van der Waals surface area (Å²) in [5, 5.41) is 1.38. The highest BCUT2D eigenvalue weighted by atomic mass is 32.1. The van der Waals surface area contributed by atoms with Crippen molar-refractivity contribution in [1.29, 1.82) is 0 Å². The van der Waals surface area contributed by atoms with E-state index in [1.165, 1.54) is 73.4 Å². The van der Waals surface area contributed by atoms with Gasteiger partial charge < -0.3 is 9.47 Å². The van der Waals surface area contributed by atoms with Crippen LogP contribution in [0.1, 0.15) is 81.1 Å². The van der Waals surface area contributed by atoms with Crippen LogP contribution in [0.3, 0.4) is 0 Å². The second-order valence-electron chi connectivity index (χ2n) is 10.6. The van der Waals surface area contributed by atoms with Crippen LogP contribution in [0.5, 0.6) is 11.5 Å². The summed E-state index contributed by atoms with van der Waals surface area (Å²) >= 11 is 1.98. The standard InChI is InChI=1S/C31H40O2S/c1-3-4-22-7-16-28(17-8-22)33-21-23-5-9-24(10-6-23)25-11-13-26(14-12-25)30-19-27-15-18-29(32-2)20-31(27)34-30/h7-8,15-20,23-26H,3-6,9-14,21H2,1-2H3. The van der Waals surface area contributed by atoms with Crippen molar-refractivity contribution in [3.8, 4) is 11.5 Å². The molecule has 0 atom stereocenters. The van der Waals surface area contributed by atoms with Crippen LogP contribution in [0.4, 0.5) is 0 Å². The predicted octanol–water partition coefficient (Wildman–Crippen LogP) is 9.02. The number of ether oxygens (including phenoxy) is 2. The van der Waals surface area contributed by atoms with Crippen LogP contribution < -0.4 is 9.47 Å². The highest BCUT2D eigenvalue weighted by Crippen LogP contribution is 2.46. The number of hydrogen-bond acceptors (Lipinski definition) is 3. The lowest BCUT2D eigenvalue weighted by Gasteiger charge is -2.37. The molecule has 2 fully saturated rings. The smallest absolute Gasteiger partial charge is 0.120 e. The maximum atomic E-state index is 6.16. The van der Waals surface area contributed by atoms with Crippen LogP contribution in [-0.4, -0.2) is 13.7 Å². The number of benzene rings is 2. The quantitative estimate of drug-likeness (QED) is 0.323. The molecular formula is C31H40O2S. The van der Waals surface area contributed by atoms with Gasteiger partial charge in [-0.2, -0.15) is 0 Å². The van der Waals surface area contributed by atoms with Gasteiger partial charge in [0.2, 0.25) is 0 Å². The fourth-order valence-corrected chi connectivity index (χ4v) is 7.58. The lowest BCUT2D eigenvalue weighted by Crippen LogP contribution is -2.27. The summed E-state index contributed by atoms with van der Waals surface area (Å²) < 4.78 is 12.9. The molecule has 0 saturated heterocycles. The number of hydrogen-bond donors (Lipinski definition) is 0. The Balaban J connectivity index is 1.06. The minimum atomic E-state index is 0.735. The van der Waals surface area contributed by atoms with Gasteiger partial charge in [-0.25, -0.2) is 0 Å². The number of fused-ring (bicyclic) bond motifs is 1. The summed E-state index contributed by atoms with van der Waals surface area (Å²) in [6.07, 6.45) is 13.4. The molecule has 1 aromatic heterocycles. The molecule has 0 N–H and O–H groups in total. The minimum absolute atomic E-state index is 0.735. The normalized spacial score (nSPS) is 25.4. The first-order valence-corrected chi connectivity index (χ1v) is 14.3. The van der Waals surface area contributed by atoms with Crippen molar-refractivity contribution in [3.63, 3.8) is 0 Å². The predicted molar refractivity (Wildman–Crippen MR) is 144 cm³/mol. The van der Waals surface area contributed by atoms with E-state index in [0.29, 0.717) is 0 Å². The molecule has 0 aliphatic heterocycles. The minimum Gasteiger partial charge on any atom is -0.497 e. The van der Waals surface area contributed by atoms with Crippen molar-refractivity contribution < 1.29 is 9.47 Å². The van der Waals surface area contributed by atoms with Crippen molar-refractivity contribution in [2.75, 3.05) is 13.7 Å². The lowest BCUT2D eigenvalue weighted by molar-refractivity contribution is 0.132. The Labute approximate surface area is 209 Å². The lowest BCUT2D eigenvalue weighted by atomic mass is 9.69. The van der Waals surface area contributed by atoms with Gasteiger partial charge in [0.1, 0.15) is 11.5 Å². The Morgan fingerprint density at radius 1 is 0.794 bits per heavy atom. The number of aryl methyl sites for hydroxylation is 1. The van der Waals surface area contributed by atoms with Crippen molar-refractivity contribution in [1.82, 2.24) is 0 Å². The molecule has 182 valence electrons. The zero-order chi connectivity index (χ0) is 23.3. The number of methoxy groups -OCH3 is 1. The van der Waals surface area contributed by atoms with Crippen molar-refractivity contribution in [3.05, 3.63) is 59.0 Å². The molecule has 0 spiro atoms. The second kappa shape index (κ2) is 11.2. The van der Waals surface area contributed by atoms with Gasteiger partial charge in [-0.3, -0.25) is 0 Å². The van der Waals surface area contributed by atoms with Gasteiger partial charge in [0, 0.05) is 9.58 Å². The van der Waals surface area contributed by atoms with Crippen molar-refractivity contribution in [2.24, 2.45) is 17.8 Å². The third kappa shape index (κ3) is 5.62. The van der Waals surface area contributed by atoms with Gasteiger partial charge in [-0.1, -0.05) is 25.5 Å². The molecule has 2 aliphatic rings. The van der Waals surface area contributed by atoms with E-state index in [0.717, 1.165) is 48.2 Å². The Morgan fingerprint density at radius 3 is 2.15 bits per heavy atom. The average molecular weight is 477 g/mol. The van der Waals surface area contributed by atoms with E-state index >= 15 is 0 Å². The Hall–Kier alpha value is -2.00. The third-order valence-electron chi connectivity index (χ3n) is 8.43. The van der Waals surface area contributed by atoms with Gasteiger partial charge in [-0.05, 0) is 129 Å². The molecule has 0 unspecified atom stereocenters. The molecule has 3 aromatic rings. The maximum Gasteiger partial charge on any atom is 0.120 e. The molecular weight excluding hydrogens is 436 g/mol. The van der Waals surface area contributed by atoms with Crippen LogP contribution in [0.15, 0.2) is 48.5 Å². The topological polar surface area (TPSA) is 18.5 Å². The van der Waals surface area contributed by atoms with Gasteiger partial charge in [0.05, 0.1) is 13.7 Å². The second-order valence-corrected chi connectivity index (χ2v) is 11.8. The zero-order valence-electron chi connectivity index (χ0n) is 20.9. The molecule has 0 radical (unpaired) electrons. The Kier molecular flexibility index (Phi) is 7.79. The maximum absolute atomic E-state index is 6.16. The van der Waals surface area contributed by atoms with E-state index in [9.17, 15) is 0 Å². The Bertz CT molecular complexity index is 1040. The van der Waals surface area contributed by atoms with Gasteiger partial charge in [-0.15, -0.1) is 11.3 Å². The van der Waals surface area contributed by atoms with Crippen LogP contribution >= 0.6 is 11.3 Å². The van der Waals surface area contributed by atoms with Crippen LogP contribution in [0, 0.1) is 17.8 Å². The molecule has 34 heavy (non-hydrogen) atoms. The van der Waals surface area contributed by atoms with E-state index < -0.39 is 0 Å². The van der Waals surface area contributed by atoms with Crippen LogP contribution in [0.25, 0.3) is 10.1 Å². The molecule has 2 nitrogen and oxygen atoms in total. The summed E-state index contributed by atoms with van der Waals surface area (Å²) in [6, 6.07) is 17.7. The van der Waals surface area contributed by atoms with Crippen LogP contribution in [0.2, 0.25) is 0 Å². The van der Waals surface area contributed by atoms with E-state index in [4.69, 9.17) is 9.47 Å². The van der Waals surface area contributed by atoms with Gasteiger partial charge >= 0.3 is 0 Å². The number of rotatable bonds is 8. The summed E-state index contributed by atoms with van der Waals surface area (Å²) in [5.74, 6) is 5.39. The summed E-state index contributed by atoms with van der Waals surface area (Å²) in [6.45, 7) is 3.12. The average Bonchev–Trinajstić information content (AvgIpc) is 3.32. The summed E-state index contributed by atoms with van der Waals surface area (Å²) in [4.78, 5) is 1.59. The molecule has 0 bridgehead atoms. The first kappa shape index (κ1) is 23.7. The first-order chi connectivity index (χ1) is 16.7. The van der Waals surface area contributed by atoms with Crippen molar-refractivity contribution in [2.45, 2.75) is 77.0 Å². The van der Waals surface area contributed by atoms with Gasteiger partial charge in [0.15, 0.2) is 0 Å². The monoisotopic (exact) mass is 476 g/mol. The Morgan fingerprint density at radius 2 is 1.47 bits per heavy atom. The first-order valence-electron chi connectivity index (χ1n) is 13.5. The summed E-state index contributed by atoms with van der Waals surface area (Å²) in [7, 11) is 1.75. The molecule has 3 heteroatoms. The molecule has 2 aliphatic carbocycles. The fourth-order valence-electron chi connectivity index (χ4n) is 6.32. The third-order valence-corrected chi connectivity index (χ3v) is 9.69. The highest BCUT2D eigenvalue weighted by Gasteiger charge is 2.32. The van der Waals surface area contributed by atoms with Crippen molar-refractivity contribution >= 4 is 21.4 Å². The van der Waals surface area contributed by atoms with E-state index in [2.05, 4.69) is 55.5 Å². The molecule has 5 rings (SSSR count). The SMILES string of the molecule is CCCc1ccc(OCC2CCC(C3CCC(c4cc5ccc(OC)cc5s4)CC3)CC2)cc1. The van der Waals surface area contributed by atoms with Crippen LogP contribution in [-0.2, 0) is 6.42 Å². The molecule has 1 heterocycles. The van der Waals surface area contributed by atoms with E-state index in [1.54, 1.807) is 12.0 Å². The largest absolute Gasteiger partial charge is 0.497 e. The summed E-state index contributed by atoms with van der Waals surface area (Å²) in [5.41, 5.74) is 1.41. The van der Waals surface area contributed by atoms with E-state index in [1.807, 2.05) is 11.3 Å². The zero-order valence-corrected chi connectivity index (χ0v) is 21.7.